The molecule has 6 heteroatoms. The molecule has 1 fully saturated rings. The van der Waals surface area contributed by atoms with Crippen LogP contribution in [0.1, 0.15) is 35.8 Å². The van der Waals surface area contributed by atoms with Gasteiger partial charge in [-0.15, -0.1) is 0 Å². The molecule has 24 heavy (non-hydrogen) atoms. The van der Waals surface area contributed by atoms with Gasteiger partial charge in [0, 0.05) is 30.4 Å². The molecule has 1 aromatic carbocycles. The number of hydrogen-bond acceptors (Lipinski definition) is 5. The summed E-state index contributed by atoms with van der Waals surface area (Å²) in [7, 11) is 1.95. The third kappa shape index (κ3) is 2.97. The van der Waals surface area contributed by atoms with Crippen LogP contribution in [-0.2, 0) is 13.6 Å². The van der Waals surface area contributed by atoms with Gasteiger partial charge in [0.15, 0.2) is 5.82 Å². The normalized spacial score (nSPS) is 18.3. The smallest absolute Gasteiger partial charge is 0.257 e. The van der Waals surface area contributed by atoms with Gasteiger partial charge in [-0.2, -0.15) is 10.1 Å². The van der Waals surface area contributed by atoms with E-state index < -0.39 is 0 Å². The van der Waals surface area contributed by atoms with Gasteiger partial charge >= 0.3 is 0 Å². The average Bonchev–Trinajstić information content (AvgIpc) is 3.28. The van der Waals surface area contributed by atoms with E-state index in [0.717, 1.165) is 24.4 Å². The lowest BCUT2D eigenvalue weighted by Crippen LogP contribution is -2.23. The molecule has 0 amide bonds. The maximum absolute atomic E-state index is 5.46. The number of likely N-dealkylation sites (tertiary alicyclic amines) is 1. The van der Waals surface area contributed by atoms with E-state index >= 15 is 0 Å². The highest BCUT2D eigenvalue weighted by Gasteiger charge is 2.28. The molecule has 1 aliphatic heterocycles. The monoisotopic (exact) mass is 323 g/mol. The van der Waals surface area contributed by atoms with E-state index in [2.05, 4.69) is 45.4 Å². The summed E-state index contributed by atoms with van der Waals surface area (Å²) in [6.07, 6.45) is 6.38. The summed E-state index contributed by atoms with van der Waals surface area (Å²) in [5.74, 6) is 1.33. The van der Waals surface area contributed by atoms with E-state index in [1.807, 2.05) is 30.1 Å². The Labute approximate surface area is 141 Å². The molecule has 0 spiro atoms. The molecule has 0 radical (unpaired) electrons. The summed E-state index contributed by atoms with van der Waals surface area (Å²) in [5.41, 5.74) is 3.42. The topological polar surface area (TPSA) is 60.0 Å². The Hall–Kier alpha value is -2.47. The first-order valence-corrected chi connectivity index (χ1v) is 8.31. The van der Waals surface area contributed by atoms with Crippen molar-refractivity contribution in [1.82, 2.24) is 24.8 Å². The first-order valence-electron chi connectivity index (χ1n) is 8.31. The van der Waals surface area contributed by atoms with Crippen LogP contribution in [0.3, 0.4) is 0 Å². The predicted molar refractivity (Wildman–Crippen MR) is 90.1 cm³/mol. The number of aromatic nitrogens is 4. The molecule has 1 saturated heterocycles. The second-order valence-electron chi connectivity index (χ2n) is 6.46. The SMILES string of the molecule is Cc1cccc(-c2nc(CN3CCCC3c3cnn(C)c3)no2)c1. The summed E-state index contributed by atoms with van der Waals surface area (Å²) in [4.78, 5) is 6.98. The number of rotatable bonds is 4. The van der Waals surface area contributed by atoms with Gasteiger partial charge < -0.3 is 4.52 Å². The van der Waals surface area contributed by atoms with Crippen LogP contribution in [0, 0.1) is 6.92 Å². The van der Waals surface area contributed by atoms with E-state index in [1.165, 1.54) is 17.5 Å². The van der Waals surface area contributed by atoms with Crippen molar-refractivity contribution in [2.45, 2.75) is 32.4 Å². The quantitative estimate of drug-likeness (QED) is 0.738. The Morgan fingerprint density at radius 3 is 3.04 bits per heavy atom. The average molecular weight is 323 g/mol. The molecule has 124 valence electrons. The lowest BCUT2D eigenvalue weighted by molar-refractivity contribution is 0.238. The van der Waals surface area contributed by atoms with Gasteiger partial charge in [-0.1, -0.05) is 22.9 Å². The van der Waals surface area contributed by atoms with E-state index in [9.17, 15) is 0 Å². The first kappa shape index (κ1) is 15.1. The molecule has 3 aromatic rings. The molecule has 0 saturated carbocycles. The maximum Gasteiger partial charge on any atom is 0.257 e. The van der Waals surface area contributed by atoms with Crippen LogP contribution >= 0.6 is 0 Å². The summed E-state index contributed by atoms with van der Waals surface area (Å²) in [5, 5.41) is 8.47. The minimum absolute atomic E-state index is 0.389. The third-order valence-electron chi connectivity index (χ3n) is 4.55. The Morgan fingerprint density at radius 2 is 2.25 bits per heavy atom. The van der Waals surface area contributed by atoms with Crippen LogP contribution in [0.25, 0.3) is 11.5 Å². The maximum atomic E-state index is 5.46. The fourth-order valence-electron chi connectivity index (χ4n) is 3.40. The number of benzene rings is 1. The van der Waals surface area contributed by atoms with Gasteiger partial charge in [-0.3, -0.25) is 9.58 Å². The zero-order valence-electron chi connectivity index (χ0n) is 14.0. The lowest BCUT2D eigenvalue weighted by atomic mass is 10.1. The number of nitrogens with zero attached hydrogens (tertiary/aromatic N) is 5. The van der Waals surface area contributed by atoms with Crippen LogP contribution in [0.2, 0.25) is 0 Å². The number of aryl methyl sites for hydroxylation is 2. The Morgan fingerprint density at radius 1 is 1.33 bits per heavy atom. The zero-order valence-corrected chi connectivity index (χ0v) is 14.0. The van der Waals surface area contributed by atoms with Crippen molar-refractivity contribution in [1.29, 1.82) is 0 Å². The second kappa shape index (κ2) is 6.20. The predicted octanol–water partition coefficient (Wildman–Crippen LogP) is 3.12. The van der Waals surface area contributed by atoms with Crippen LogP contribution < -0.4 is 0 Å². The summed E-state index contributed by atoms with van der Waals surface area (Å²) in [6.45, 7) is 3.81. The third-order valence-corrected chi connectivity index (χ3v) is 4.55. The highest BCUT2D eigenvalue weighted by Crippen LogP contribution is 2.32. The van der Waals surface area contributed by atoms with E-state index in [4.69, 9.17) is 4.52 Å². The second-order valence-corrected chi connectivity index (χ2v) is 6.46. The van der Waals surface area contributed by atoms with Crippen molar-refractivity contribution in [3.05, 3.63) is 53.6 Å². The molecule has 3 heterocycles. The van der Waals surface area contributed by atoms with Crippen molar-refractivity contribution in [2.24, 2.45) is 7.05 Å². The molecule has 1 atom stereocenters. The van der Waals surface area contributed by atoms with Crippen molar-refractivity contribution < 1.29 is 4.52 Å². The van der Waals surface area contributed by atoms with Crippen LogP contribution in [-0.4, -0.2) is 31.4 Å². The van der Waals surface area contributed by atoms with Crippen molar-refractivity contribution >= 4 is 0 Å². The van der Waals surface area contributed by atoms with Crippen molar-refractivity contribution in [3.63, 3.8) is 0 Å². The van der Waals surface area contributed by atoms with E-state index in [0.29, 0.717) is 18.5 Å². The van der Waals surface area contributed by atoms with Crippen LogP contribution in [0.5, 0.6) is 0 Å². The van der Waals surface area contributed by atoms with Gasteiger partial charge in [0.25, 0.3) is 5.89 Å². The molecule has 2 aromatic heterocycles. The zero-order chi connectivity index (χ0) is 16.5. The van der Waals surface area contributed by atoms with Crippen LogP contribution in [0.15, 0.2) is 41.2 Å². The highest BCUT2D eigenvalue weighted by molar-refractivity contribution is 5.53. The summed E-state index contributed by atoms with van der Waals surface area (Å²) >= 11 is 0. The largest absolute Gasteiger partial charge is 0.334 e. The van der Waals surface area contributed by atoms with E-state index in [1.54, 1.807) is 0 Å². The molecule has 6 nitrogen and oxygen atoms in total. The van der Waals surface area contributed by atoms with Crippen molar-refractivity contribution in [3.8, 4) is 11.5 Å². The van der Waals surface area contributed by atoms with Gasteiger partial charge in [0.1, 0.15) is 0 Å². The molecular weight excluding hydrogens is 302 g/mol. The Balaban J connectivity index is 1.51. The van der Waals surface area contributed by atoms with Gasteiger partial charge in [0.05, 0.1) is 12.7 Å². The van der Waals surface area contributed by atoms with Gasteiger partial charge in [0.2, 0.25) is 0 Å². The van der Waals surface area contributed by atoms with Gasteiger partial charge in [-0.25, -0.2) is 0 Å². The van der Waals surface area contributed by atoms with Crippen molar-refractivity contribution in [2.75, 3.05) is 6.54 Å². The molecule has 0 bridgehead atoms. The highest BCUT2D eigenvalue weighted by atomic mass is 16.5. The Kier molecular flexibility index (Phi) is 3.90. The molecule has 4 rings (SSSR count). The molecule has 1 aliphatic rings. The van der Waals surface area contributed by atoms with E-state index in [-0.39, 0.29) is 0 Å². The fraction of sp³-hybridized carbons (Fsp3) is 0.389. The molecule has 1 unspecified atom stereocenters. The summed E-state index contributed by atoms with van der Waals surface area (Å²) < 4.78 is 7.31. The fourth-order valence-corrected chi connectivity index (χ4v) is 3.40. The molecular formula is C18H21N5O. The summed E-state index contributed by atoms with van der Waals surface area (Å²) in [6, 6.07) is 8.51. The standard InChI is InChI=1S/C18H21N5O/c1-13-5-3-6-14(9-13)18-20-17(21-24-18)12-23-8-4-7-16(23)15-10-19-22(2)11-15/h3,5-6,9-11,16H,4,7-8,12H2,1-2H3. The minimum Gasteiger partial charge on any atom is -0.334 e. The first-order chi connectivity index (χ1) is 11.7. The molecule has 0 N–H and O–H groups in total. The Bertz CT molecular complexity index is 837. The number of hydrogen-bond donors (Lipinski definition) is 0. The molecule has 0 aliphatic carbocycles. The lowest BCUT2D eigenvalue weighted by Gasteiger charge is -2.21. The minimum atomic E-state index is 0.389. The van der Waals surface area contributed by atoms with Crippen LogP contribution in [0.4, 0.5) is 0 Å². The van der Waals surface area contributed by atoms with Gasteiger partial charge in [-0.05, 0) is 38.4 Å².